The van der Waals surface area contributed by atoms with E-state index < -0.39 is 41.9 Å². The van der Waals surface area contributed by atoms with Crippen molar-refractivity contribution in [2.75, 3.05) is 0 Å². The second kappa shape index (κ2) is 5.28. The highest BCUT2D eigenvalue weighted by Gasteiger charge is 2.31. The summed E-state index contributed by atoms with van der Waals surface area (Å²) >= 11 is 0. The van der Waals surface area contributed by atoms with Gasteiger partial charge < -0.3 is 5.32 Å². The van der Waals surface area contributed by atoms with Gasteiger partial charge >= 0.3 is 6.18 Å². The number of rotatable bonds is 3. The van der Waals surface area contributed by atoms with Gasteiger partial charge in [0.1, 0.15) is 0 Å². The first-order chi connectivity index (χ1) is 8.20. The monoisotopic (exact) mass is 268 g/mol. The Hall–Kier alpha value is -1.73. The molecule has 1 N–H and O–H groups in total. The predicted molar refractivity (Wildman–Crippen MR) is 51.8 cm³/mol. The highest BCUT2D eigenvalue weighted by molar-refractivity contribution is 5.94. The molecule has 1 rings (SSSR count). The van der Waals surface area contributed by atoms with Crippen LogP contribution in [0, 0.1) is 11.8 Å². The third-order valence-electron chi connectivity index (χ3n) is 2.01. The molecule has 1 aromatic rings. The molecule has 1 amide bonds. The molecule has 0 aliphatic rings. The molecule has 0 aromatic carbocycles. The number of aromatic nitrogens is 1. The van der Waals surface area contributed by atoms with Crippen molar-refractivity contribution in [3.05, 3.63) is 29.6 Å². The van der Waals surface area contributed by atoms with E-state index in [0.717, 1.165) is 19.2 Å². The number of carbonyl (C=O) groups is 1. The molecule has 0 saturated heterocycles. The normalized spacial score (nSPS) is 13.2. The van der Waals surface area contributed by atoms with Gasteiger partial charge in [-0.25, -0.2) is 9.37 Å². The zero-order valence-electron chi connectivity index (χ0n) is 9.18. The summed E-state index contributed by atoms with van der Waals surface area (Å²) in [5.41, 5.74) is -0.684. The van der Waals surface area contributed by atoms with Crippen LogP contribution in [0.3, 0.4) is 0 Å². The Balaban J connectivity index is 2.74. The second-order valence-electron chi connectivity index (χ2n) is 3.66. The van der Waals surface area contributed by atoms with Gasteiger partial charge in [-0.2, -0.15) is 17.6 Å². The molecule has 18 heavy (non-hydrogen) atoms. The van der Waals surface area contributed by atoms with E-state index in [1.165, 1.54) is 0 Å². The van der Waals surface area contributed by atoms with Gasteiger partial charge in [-0.3, -0.25) is 4.79 Å². The van der Waals surface area contributed by atoms with Crippen LogP contribution in [-0.2, 0) is 0 Å². The van der Waals surface area contributed by atoms with Gasteiger partial charge in [-0.05, 0) is 13.0 Å². The minimum Gasteiger partial charge on any atom is -0.349 e. The number of halogens is 5. The molecule has 1 atom stereocenters. The lowest BCUT2D eigenvalue weighted by molar-refractivity contribution is -0.138. The average Bonchev–Trinajstić information content (AvgIpc) is 2.18. The largest absolute Gasteiger partial charge is 0.391 e. The van der Waals surface area contributed by atoms with Crippen LogP contribution >= 0.6 is 0 Å². The van der Waals surface area contributed by atoms with Gasteiger partial charge in [-0.1, -0.05) is 0 Å². The molecule has 3 nitrogen and oxygen atoms in total. The van der Waals surface area contributed by atoms with Crippen LogP contribution in [0.15, 0.2) is 12.3 Å². The van der Waals surface area contributed by atoms with E-state index in [1.807, 2.05) is 5.32 Å². The lowest BCUT2D eigenvalue weighted by Gasteiger charge is -2.15. The molecule has 0 bridgehead atoms. The molecule has 8 heteroatoms. The summed E-state index contributed by atoms with van der Waals surface area (Å²) < 4.78 is 61.8. The Kier molecular flexibility index (Phi) is 4.20. The molecule has 0 aliphatic heterocycles. The van der Waals surface area contributed by atoms with Crippen LogP contribution in [0.4, 0.5) is 22.0 Å². The molecule has 0 spiro atoms. The topological polar surface area (TPSA) is 42.0 Å². The number of pyridine rings is 1. The summed E-state index contributed by atoms with van der Waals surface area (Å²) in [6.45, 7) is 1.11. The first-order valence-corrected chi connectivity index (χ1v) is 4.88. The Morgan fingerprint density at radius 2 is 2.06 bits per heavy atom. The van der Waals surface area contributed by atoms with Gasteiger partial charge in [-0.15, -0.1) is 0 Å². The van der Waals surface area contributed by atoms with Gasteiger partial charge in [0.25, 0.3) is 5.91 Å². The molecular weight excluding hydrogens is 259 g/mol. The molecule has 100 valence electrons. The van der Waals surface area contributed by atoms with Crippen molar-refractivity contribution in [2.45, 2.75) is 25.6 Å². The summed E-state index contributed by atoms with van der Waals surface area (Å²) in [6, 6.07) is -0.359. The molecule has 0 aliphatic carbocycles. The standard InChI is InChI=1S/C10H9F5N2O/c1-5(4-10(13,14)15)17-9(18)6-2-3-16-8(12)7(6)11/h2-3,5H,4H2,1H3,(H,17,18). The second-order valence-corrected chi connectivity index (χ2v) is 3.66. The number of hydrogen-bond donors (Lipinski definition) is 1. The lowest BCUT2D eigenvalue weighted by Crippen LogP contribution is -2.36. The number of carbonyl (C=O) groups excluding carboxylic acids is 1. The van der Waals surface area contributed by atoms with Crippen LogP contribution in [0.5, 0.6) is 0 Å². The molecule has 1 unspecified atom stereocenters. The number of amides is 1. The van der Waals surface area contributed by atoms with Gasteiger partial charge in [0.2, 0.25) is 5.95 Å². The maximum absolute atomic E-state index is 13.1. The van der Waals surface area contributed by atoms with Crippen LogP contribution in [-0.4, -0.2) is 23.1 Å². The highest BCUT2D eigenvalue weighted by Crippen LogP contribution is 2.21. The average molecular weight is 268 g/mol. The molecule has 1 heterocycles. The predicted octanol–water partition coefficient (Wildman–Crippen LogP) is 2.43. The summed E-state index contributed by atoms with van der Waals surface area (Å²) in [4.78, 5) is 14.4. The fourth-order valence-corrected chi connectivity index (χ4v) is 1.29. The molecule has 0 saturated carbocycles. The number of nitrogens with zero attached hydrogens (tertiary/aromatic N) is 1. The zero-order chi connectivity index (χ0) is 13.9. The van der Waals surface area contributed by atoms with Crippen molar-refractivity contribution >= 4 is 5.91 Å². The fraction of sp³-hybridized carbons (Fsp3) is 0.400. The van der Waals surface area contributed by atoms with E-state index in [9.17, 15) is 26.7 Å². The van der Waals surface area contributed by atoms with Crippen molar-refractivity contribution in [2.24, 2.45) is 0 Å². The summed E-state index contributed by atoms with van der Waals surface area (Å²) in [5.74, 6) is -4.09. The minimum absolute atomic E-state index is 0.684. The lowest BCUT2D eigenvalue weighted by atomic mass is 10.2. The maximum atomic E-state index is 13.1. The number of alkyl halides is 3. The summed E-state index contributed by atoms with van der Waals surface area (Å²) in [7, 11) is 0. The molecule has 1 aromatic heterocycles. The SMILES string of the molecule is CC(CC(F)(F)F)NC(=O)c1ccnc(F)c1F. The summed E-state index contributed by atoms with van der Waals surface area (Å²) in [5, 5.41) is 1.93. The first-order valence-electron chi connectivity index (χ1n) is 4.88. The molecule has 0 radical (unpaired) electrons. The van der Waals surface area contributed by atoms with E-state index in [-0.39, 0.29) is 0 Å². The Bertz CT molecular complexity index is 446. The van der Waals surface area contributed by atoms with Crippen LogP contribution in [0.25, 0.3) is 0 Å². The smallest absolute Gasteiger partial charge is 0.349 e. The quantitative estimate of drug-likeness (QED) is 0.675. The van der Waals surface area contributed by atoms with Crippen molar-refractivity contribution in [1.82, 2.24) is 10.3 Å². The van der Waals surface area contributed by atoms with Crippen LogP contribution in [0.2, 0.25) is 0 Å². The van der Waals surface area contributed by atoms with Gasteiger partial charge in [0.15, 0.2) is 5.82 Å². The van der Waals surface area contributed by atoms with Crippen molar-refractivity contribution < 1.29 is 26.7 Å². The molecular formula is C10H9F5N2O. The van der Waals surface area contributed by atoms with Crippen molar-refractivity contribution in [3.63, 3.8) is 0 Å². The van der Waals surface area contributed by atoms with Gasteiger partial charge in [0, 0.05) is 12.2 Å². The van der Waals surface area contributed by atoms with E-state index in [0.29, 0.717) is 0 Å². The zero-order valence-corrected chi connectivity index (χ0v) is 9.18. The van der Waals surface area contributed by atoms with E-state index in [4.69, 9.17) is 0 Å². The van der Waals surface area contributed by atoms with Crippen LogP contribution < -0.4 is 5.32 Å². The number of hydrogen-bond acceptors (Lipinski definition) is 2. The minimum atomic E-state index is -4.45. The molecule has 0 fully saturated rings. The van der Waals surface area contributed by atoms with Crippen molar-refractivity contribution in [3.8, 4) is 0 Å². The third-order valence-corrected chi connectivity index (χ3v) is 2.01. The van der Waals surface area contributed by atoms with Crippen molar-refractivity contribution in [1.29, 1.82) is 0 Å². The summed E-state index contributed by atoms with van der Waals surface area (Å²) in [6.07, 6.45) is -4.86. The van der Waals surface area contributed by atoms with E-state index in [2.05, 4.69) is 4.98 Å². The maximum Gasteiger partial charge on any atom is 0.391 e. The Labute approximate surface area is 99.0 Å². The third kappa shape index (κ3) is 3.94. The Morgan fingerprint density at radius 3 is 2.61 bits per heavy atom. The van der Waals surface area contributed by atoms with Gasteiger partial charge in [0.05, 0.1) is 12.0 Å². The fourth-order valence-electron chi connectivity index (χ4n) is 1.29. The Morgan fingerprint density at radius 1 is 1.44 bits per heavy atom. The van der Waals surface area contributed by atoms with E-state index in [1.54, 1.807) is 0 Å². The highest BCUT2D eigenvalue weighted by atomic mass is 19.4. The first kappa shape index (κ1) is 14.3. The van der Waals surface area contributed by atoms with E-state index >= 15 is 0 Å². The number of nitrogens with one attached hydrogen (secondary N) is 1. The van der Waals surface area contributed by atoms with Crippen LogP contribution in [0.1, 0.15) is 23.7 Å².